The van der Waals surface area contributed by atoms with Gasteiger partial charge in [-0.1, -0.05) is 63.9 Å². The first kappa shape index (κ1) is 21.6. The third kappa shape index (κ3) is 5.30. The summed E-state index contributed by atoms with van der Waals surface area (Å²) in [5.41, 5.74) is 2.39. The first-order valence-electron chi connectivity index (χ1n) is 9.20. The molecule has 0 bridgehead atoms. The van der Waals surface area contributed by atoms with Crippen LogP contribution in [0.5, 0.6) is 11.5 Å². The second-order valence-electron chi connectivity index (χ2n) is 6.56. The molecule has 3 aromatic rings. The van der Waals surface area contributed by atoms with Gasteiger partial charge in [-0.3, -0.25) is 0 Å². The topological polar surface area (TPSA) is 30.5 Å². The van der Waals surface area contributed by atoms with E-state index in [4.69, 9.17) is 21.1 Å². The fraction of sp³-hybridized carbons (Fsp3) is 0.217. The van der Waals surface area contributed by atoms with Crippen molar-refractivity contribution in [1.82, 2.24) is 5.32 Å². The lowest BCUT2D eigenvalue weighted by Crippen LogP contribution is -2.19. The van der Waals surface area contributed by atoms with Crippen LogP contribution in [-0.4, -0.2) is 7.11 Å². The lowest BCUT2D eigenvalue weighted by molar-refractivity contribution is 0.275. The number of hydrogen-bond donors (Lipinski definition) is 1. The molecular weight excluding hydrogens is 457 g/mol. The number of halogens is 3. The molecule has 0 aliphatic carbocycles. The molecule has 0 radical (unpaired) electrons. The molecule has 0 saturated heterocycles. The maximum Gasteiger partial charge on any atom is 0.167 e. The molecule has 6 heteroatoms. The van der Waals surface area contributed by atoms with Crippen LogP contribution in [0.25, 0.3) is 0 Å². The molecular formula is C23H22BrClFNO2. The number of methoxy groups -OCH3 is 1. The van der Waals surface area contributed by atoms with Gasteiger partial charge in [0.2, 0.25) is 0 Å². The predicted octanol–water partition coefficient (Wildman–Crippen LogP) is 6.68. The minimum absolute atomic E-state index is 0.000438. The third-order valence-corrected chi connectivity index (χ3v) is 5.79. The average molecular weight is 479 g/mol. The fourth-order valence-corrected chi connectivity index (χ4v) is 3.67. The normalized spacial score (nSPS) is 11.9. The Labute approximate surface area is 183 Å². The summed E-state index contributed by atoms with van der Waals surface area (Å²) in [6.45, 7) is 2.64. The summed E-state index contributed by atoms with van der Waals surface area (Å²) in [4.78, 5) is 0. The highest BCUT2D eigenvalue weighted by Crippen LogP contribution is 2.37. The van der Waals surface area contributed by atoms with Gasteiger partial charge in [0.05, 0.1) is 12.1 Å². The van der Waals surface area contributed by atoms with Crippen molar-refractivity contribution < 1.29 is 13.9 Å². The number of ether oxygens (including phenoxy) is 2. The summed E-state index contributed by atoms with van der Waals surface area (Å²) < 4.78 is 26.5. The van der Waals surface area contributed by atoms with Gasteiger partial charge in [-0.05, 0) is 36.8 Å². The minimum Gasteiger partial charge on any atom is -0.493 e. The van der Waals surface area contributed by atoms with Crippen LogP contribution in [0.3, 0.4) is 0 Å². The van der Waals surface area contributed by atoms with E-state index in [1.54, 1.807) is 19.2 Å². The quantitative estimate of drug-likeness (QED) is 0.392. The van der Waals surface area contributed by atoms with Gasteiger partial charge in [-0.2, -0.15) is 0 Å². The molecule has 1 N–H and O–H groups in total. The van der Waals surface area contributed by atoms with E-state index in [0.717, 1.165) is 10.0 Å². The van der Waals surface area contributed by atoms with Crippen LogP contribution in [0, 0.1) is 5.82 Å². The maximum absolute atomic E-state index is 14.1. The highest BCUT2D eigenvalue weighted by molar-refractivity contribution is 9.10. The van der Waals surface area contributed by atoms with Gasteiger partial charge in [0.15, 0.2) is 11.5 Å². The zero-order valence-corrected chi connectivity index (χ0v) is 18.6. The molecule has 29 heavy (non-hydrogen) atoms. The number of nitrogens with one attached hydrogen (secondary N) is 1. The molecule has 0 spiro atoms. The van der Waals surface area contributed by atoms with Gasteiger partial charge in [-0.25, -0.2) is 4.39 Å². The number of benzene rings is 3. The van der Waals surface area contributed by atoms with E-state index in [2.05, 4.69) is 40.3 Å². The van der Waals surface area contributed by atoms with Crippen molar-refractivity contribution in [2.24, 2.45) is 0 Å². The predicted molar refractivity (Wildman–Crippen MR) is 118 cm³/mol. The fourth-order valence-electron chi connectivity index (χ4n) is 3.00. The summed E-state index contributed by atoms with van der Waals surface area (Å²) in [6.07, 6.45) is 0. The van der Waals surface area contributed by atoms with Crippen molar-refractivity contribution >= 4 is 27.5 Å². The van der Waals surface area contributed by atoms with E-state index >= 15 is 0 Å². The molecule has 0 aliphatic rings. The average Bonchev–Trinajstić information content (AvgIpc) is 2.73. The Morgan fingerprint density at radius 3 is 2.48 bits per heavy atom. The molecule has 0 aliphatic heterocycles. The van der Waals surface area contributed by atoms with E-state index < -0.39 is 5.82 Å². The second kappa shape index (κ2) is 10.1. The van der Waals surface area contributed by atoms with Crippen molar-refractivity contribution in [2.45, 2.75) is 26.1 Å². The van der Waals surface area contributed by atoms with E-state index in [9.17, 15) is 4.39 Å². The Morgan fingerprint density at radius 2 is 1.79 bits per heavy atom. The van der Waals surface area contributed by atoms with Crippen molar-refractivity contribution in [2.75, 3.05) is 7.11 Å². The van der Waals surface area contributed by atoms with Gasteiger partial charge >= 0.3 is 0 Å². The summed E-state index contributed by atoms with van der Waals surface area (Å²) in [5.74, 6) is 0.725. The van der Waals surface area contributed by atoms with Crippen molar-refractivity contribution in [1.29, 1.82) is 0 Å². The Bertz CT molecular complexity index is 948. The highest BCUT2D eigenvalue weighted by atomic mass is 79.9. The first-order valence-corrected chi connectivity index (χ1v) is 10.4. The van der Waals surface area contributed by atoms with Crippen molar-refractivity contribution in [3.8, 4) is 11.5 Å². The zero-order chi connectivity index (χ0) is 20.8. The molecule has 0 fully saturated rings. The van der Waals surface area contributed by atoms with E-state index in [0.29, 0.717) is 28.6 Å². The first-order chi connectivity index (χ1) is 14.0. The van der Waals surface area contributed by atoms with E-state index in [1.807, 2.05) is 30.3 Å². The van der Waals surface area contributed by atoms with Crippen LogP contribution in [0.4, 0.5) is 4.39 Å². The van der Waals surface area contributed by atoms with Crippen LogP contribution in [0.15, 0.2) is 65.1 Å². The Morgan fingerprint density at radius 1 is 1.03 bits per heavy atom. The highest BCUT2D eigenvalue weighted by Gasteiger charge is 2.17. The molecule has 0 aromatic heterocycles. The SMILES string of the molecule is COc1ccc(Br)c(CNC(C)c2ccccc2)c1OCc1c(F)cccc1Cl. The largest absolute Gasteiger partial charge is 0.493 e. The molecule has 0 amide bonds. The van der Waals surface area contributed by atoms with Crippen molar-refractivity contribution in [3.63, 3.8) is 0 Å². The van der Waals surface area contributed by atoms with Gasteiger partial charge in [0, 0.05) is 28.2 Å². The van der Waals surface area contributed by atoms with Gasteiger partial charge in [0.1, 0.15) is 12.4 Å². The van der Waals surface area contributed by atoms with Gasteiger partial charge in [-0.15, -0.1) is 0 Å². The van der Waals surface area contributed by atoms with E-state index in [1.165, 1.54) is 11.6 Å². The molecule has 0 heterocycles. The molecule has 152 valence electrons. The van der Waals surface area contributed by atoms with Crippen molar-refractivity contribution in [3.05, 3.63) is 92.7 Å². The Hall–Kier alpha value is -2.08. The monoisotopic (exact) mass is 477 g/mol. The third-order valence-electron chi connectivity index (χ3n) is 4.69. The number of hydrogen-bond acceptors (Lipinski definition) is 3. The Balaban J connectivity index is 1.83. The minimum atomic E-state index is -0.399. The molecule has 1 atom stereocenters. The van der Waals surface area contributed by atoms with E-state index in [-0.39, 0.29) is 12.6 Å². The van der Waals surface area contributed by atoms with Crippen LogP contribution in [-0.2, 0) is 13.2 Å². The lowest BCUT2D eigenvalue weighted by atomic mass is 10.1. The van der Waals surface area contributed by atoms with Crippen LogP contribution < -0.4 is 14.8 Å². The maximum atomic E-state index is 14.1. The summed E-state index contributed by atoms with van der Waals surface area (Å²) >= 11 is 9.73. The van der Waals surface area contributed by atoms with Gasteiger partial charge < -0.3 is 14.8 Å². The van der Waals surface area contributed by atoms with Gasteiger partial charge in [0.25, 0.3) is 0 Å². The lowest BCUT2D eigenvalue weighted by Gasteiger charge is -2.20. The molecule has 3 nitrogen and oxygen atoms in total. The standard InChI is InChI=1S/C23H22BrClFNO2/c1-15(16-7-4-3-5-8-16)27-13-17-19(24)11-12-22(28-2)23(17)29-14-18-20(25)9-6-10-21(18)26/h3-12,15,27H,13-14H2,1-2H3. The molecule has 3 rings (SSSR count). The second-order valence-corrected chi connectivity index (χ2v) is 7.82. The Kier molecular flexibility index (Phi) is 7.53. The van der Waals surface area contributed by atoms with Crippen LogP contribution in [0.2, 0.25) is 5.02 Å². The summed E-state index contributed by atoms with van der Waals surface area (Å²) in [5, 5.41) is 3.83. The van der Waals surface area contributed by atoms with Crippen LogP contribution in [0.1, 0.15) is 29.7 Å². The summed E-state index contributed by atoms with van der Waals surface area (Å²) in [6, 6.07) is 18.6. The molecule has 3 aromatic carbocycles. The molecule has 1 unspecified atom stereocenters. The van der Waals surface area contributed by atoms with Crippen LogP contribution >= 0.6 is 27.5 Å². The zero-order valence-electron chi connectivity index (χ0n) is 16.2. The smallest absolute Gasteiger partial charge is 0.167 e. The summed E-state index contributed by atoms with van der Waals surface area (Å²) in [7, 11) is 1.58. The molecule has 0 saturated carbocycles. The number of rotatable bonds is 8.